The first-order valence-corrected chi connectivity index (χ1v) is 5.97. The summed E-state index contributed by atoms with van der Waals surface area (Å²) >= 11 is 0. The number of carbonyl (C=O) groups excluding carboxylic acids is 1. The second-order valence-electron chi connectivity index (χ2n) is 4.21. The van der Waals surface area contributed by atoms with Crippen molar-refractivity contribution in [1.82, 2.24) is 0 Å². The zero-order chi connectivity index (χ0) is 15.4. The van der Waals surface area contributed by atoms with E-state index in [1.807, 2.05) is 0 Å². The molecule has 21 heavy (non-hydrogen) atoms. The lowest BCUT2D eigenvalue weighted by atomic mass is 10.2. The molecule has 0 unspecified atom stereocenters. The van der Waals surface area contributed by atoms with E-state index in [1.54, 1.807) is 0 Å². The molecule has 0 spiro atoms. The van der Waals surface area contributed by atoms with Crippen molar-refractivity contribution in [2.24, 2.45) is 5.73 Å². The summed E-state index contributed by atoms with van der Waals surface area (Å²) in [6.07, 6.45) is 0. The van der Waals surface area contributed by atoms with Crippen LogP contribution in [0.25, 0.3) is 0 Å². The number of aliphatic hydroxyl groups is 1. The monoisotopic (exact) mass is 288 g/mol. The maximum Gasteiger partial charge on any atom is 0.311 e. The van der Waals surface area contributed by atoms with Crippen LogP contribution in [0.15, 0.2) is 42.5 Å². The number of hydrogen-bond acceptors (Lipinski definition) is 5. The number of nitro benzene ring substituents is 1. The molecule has 2 aromatic carbocycles. The summed E-state index contributed by atoms with van der Waals surface area (Å²) in [5, 5.41) is 20.0. The van der Waals surface area contributed by atoms with E-state index in [4.69, 9.17) is 15.6 Å². The van der Waals surface area contributed by atoms with Gasteiger partial charge in [-0.15, -0.1) is 0 Å². The van der Waals surface area contributed by atoms with Gasteiger partial charge in [0.2, 0.25) is 11.7 Å². The number of nitrogens with zero attached hydrogens (tertiary/aromatic N) is 1. The molecule has 0 heterocycles. The van der Waals surface area contributed by atoms with Crippen molar-refractivity contribution in [2.75, 3.05) is 0 Å². The van der Waals surface area contributed by atoms with E-state index in [0.29, 0.717) is 16.9 Å². The molecule has 2 rings (SSSR count). The van der Waals surface area contributed by atoms with Crippen LogP contribution in [0.2, 0.25) is 0 Å². The molecule has 0 radical (unpaired) electrons. The third-order valence-electron chi connectivity index (χ3n) is 2.77. The number of rotatable bonds is 5. The molecule has 0 aliphatic carbocycles. The number of benzene rings is 2. The molecular weight excluding hydrogens is 276 g/mol. The van der Waals surface area contributed by atoms with Crippen molar-refractivity contribution in [1.29, 1.82) is 0 Å². The Balaban J connectivity index is 2.30. The molecule has 0 aliphatic rings. The van der Waals surface area contributed by atoms with Gasteiger partial charge in [0, 0.05) is 11.6 Å². The highest BCUT2D eigenvalue weighted by atomic mass is 16.6. The van der Waals surface area contributed by atoms with Gasteiger partial charge in [-0.3, -0.25) is 14.9 Å². The molecule has 0 atom stereocenters. The Labute approximate surface area is 119 Å². The van der Waals surface area contributed by atoms with Crippen molar-refractivity contribution >= 4 is 11.6 Å². The maximum absolute atomic E-state index is 11.0. The van der Waals surface area contributed by atoms with Crippen molar-refractivity contribution in [2.45, 2.75) is 6.61 Å². The van der Waals surface area contributed by atoms with Crippen molar-refractivity contribution < 1.29 is 19.6 Å². The fourth-order valence-corrected chi connectivity index (χ4v) is 1.70. The zero-order valence-electron chi connectivity index (χ0n) is 10.9. The quantitative estimate of drug-likeness (QED) is 0.644. The number of aliphatic hydroxyl groups excluding tert-OH is 1. The third kappa shape index (κ3) is 3.34. The smallest absolute Gasteiger partial charge is 0.311 e. The average Bonchev–Trinajstić information content (AvgIpc) is 2.48. The summed E-state index contributed by atoms with van der Waals surface area (Å²) in [7, 11) is 0. The van der Waals surface area contributed by atoms with Gasteiger partial charge in [-0.05, 0) is 35.9 Å². The predicted octanol–water partition coefficient (Wildman–Crippen LogP) is 1.98. The maximum atomic E-state index is 11.0. The van der Waals surface area contributed by atoms with Gasteiger partial charge in [0.05, 0.1) is 11.5 Å². The Bertz CT molecular complexity index is 682. The van der Waals surface area contributed by atoms with Crippen LogP contribution < -0.4 is 10.5 Å². The standard InChI is InChI=1S/C14H12N2O5/c15-14(18)10-2-4-11(5-3-10)21-13-6-1-9(8-17)7-12(13)16(19)20/h1-7,17H,8H2,(H2,15,18). The number of carbonyl (C=O) groups is 1. The number of amides is 1. The minimum absolute atomic E-state index is 0.0454. The molecule has 2 aromatic rings. The highest BCUT2D eigenvalue weighted by Gasteiger charge is 2.16. The van der Waals surface area contributed by atoms with E-state index in [2.05, 4.69) is 0 Å². The molecule has 0 bridgehead atoms. The molecule has 3 N–H and O–H groups in total. The van der Waals surface area contributed by atoms with Gasteiger partial charge in [0.15, 0.2) is 0 Å². The Morgan fingerprint density at radius 1 is 1.24 bits per heavy atom. The minimum Gasteiger partial charge on any atom is -0.450 e. The van der Waals surface area contributed by atoms with Crippen LogP contribution in [0.5, 0.6) is 11.5 Å². The Morgan fingerprint density at radius 3 is 2.43 bits per heavy atom. The minimum atomic E-state index is -0.591. The molecule has 7 heteroatoms. The normalized spacial score (nSPS) is 10.1. The first-order valence-electron chi connectivity index (χ1n) is 5.97. The van der Waals surface area contributed by atoms with E-state index in [1.165, 1.54) is 42.5 Å². The molecule has 0 aromatic heterocycles. The highest BCUT2D eigenvalue weighted by Crippen LogP contribution is 2.32. The van der Waals surface area contributed by atoms with Crippen LogP contribution >= 0.6 is 0 Å². The summed E-state index contributed by atoms with van der Waals surface area (Å²) in [4.78, 5) is 21.4. The molecule has 0 saturated carbocycles. The molecular formula is C14H12N2O5. The lowest BCUT2D eigenvalue weighted by Gasteiger charge is -2.07. The van der Waals surface area contributed by atoms with Gasteiger partial charge in [-0.1, -0.05) is 6.07 Å². The van der Waals surface area contributed by atoms with E-state index in [0.717, 1.165) is 0 Å². The fraction of sp³-hybridized carbons (Fsp3) is 0.0714. The summed E-state index contributed by atoms with van der Waals surface area (Å²) in [5.74, 6) is -0.191. The van der Waals surface area contributed by atoms with Crippen molar-refractivity contribution in [3.63, 3.8) is 0 Å². The number of ether oxygens (including phenoxy) is 1. The second kappa shape index (κ2) is 6.02. The van der Waals surface area contributed by atoms with Crippen LogP contribution in [0.3, 0.4) is 0 Å². The lowest BCUT2D eigenvalue weighted by molar-refractivity contribution is -0.385. The predicted molar refractivity (Wildman–Crippen MR) is 74.1 cm³/mol. The Kier molecular flexibility index (Phi) is 4.15. The van der Waals surface area contributed by atoms with E-state index >= 15 is 0 Å². The van der Waals surface area contributed by atoms with Gasteiger partial charge in [-0.25, -0.2) is 0 Å². The lowest BCUT2D eigenvalue weighted by Crippen LogP contribution is -2.10. The summed E-state index contributed by atoms with van der Waals surface area (Å²) in [5.41, 5.74) is 5.60. The largest absolute Gasteiger partial charge is 0.450 e. The number of primary amides is 1. The van der Waals surface area contributed by atoms with Gasteiger partial charge in [0.1, 0.15) is 5.75 Å². The van der Waals surface area contributed by atoms with Crippen LogP contribution in [0.1, 0.15) is 15.9 Å². The molecule has 108 valence electrons. The highest BCUT2D eigenvalue weighted by molar-refractivity contribution is 5.92. The van der Waals surface area contributed by atoms with Crippen LogP contribution in [0.4, 0.5) is 5.69 Å². The van der Waals surface area contributed by atoms with Gasteiger partial charge in [-0.2, -0.15) is 0 Å². The Hall–Kier alpha value is -2.93. The third-order valence-corrected chi connectivity index (χ3v) is 2.77. The van der Waals surface area contributed by atoms with Crippen LogP contribution in [-0.2, 0) is 6.61 Å². The molecule has 1 amide bonds. The zero-order valence-corrected chi connectivity index (χ0v) is 10.9. The Morgan fingerprint density at radius 2 is 1.90 bits per heavy atom. The van der Waals surface area contributed by atoms with Gasteiger partial charge < -0.3 is 15.6 Å². The summed E-state index contributed by atoms with van der Waals surface area (Å²) in [6.45, 7) is -0.297. The van der Waals surface area contributed by atoms with Crippen molar-refractivity contribution in [3.05, 3.63) is 63.7 Å². The van der Waals surface area contributed by atoms with Crippen LogP contribution in [0, 0.1) is 10.1 Å². The average molecular weight is 288 g/mol. The van der Waals surface area contributed by atoms with Gasteiger partial charge in [0.25, 0.3) is 0 Å². The van der Waals surface area contributed by atoms with E-state index < -0.39 is 10.8 Å². The number of hydrogen-bond donors (Lipinski definition) is 2. The van der Waals surface area contributed by atoms with Gasteiger partial charge >= 0.3 is 5.69 Å². The first-order chi connectivity index (χ1) is 10.0. The van der Waals surface area contributed by atoms with Crippen LogP contribution in [-0.4, -0.2) is 15.9 Å². The number of nitrogens with two attached hydrogens (primary N) is 1. The topological polar surface area (TPSA) is 116 Å². The second-order valence-corrected chi connectivity index (χ2v) is 4.21. The van der Waals surface area contributed by atoms with E-state index in [9.17, 15) is 14.9 Å². The molecule has 0 saturated heterocycles. The number of nitro groups is 1. The molecule has 0 fully saturated rings. The summed E-state index contributed by atoms with van der Waals surface area (Å²) < 4.78 is 5.43. The van der Waals surface area contributed by atoms with E-state index in [-0.39, 0.29) is 18.0 Å². The molecule has 7 nitrogen and oxygen atoms in total. The summed E-state index contributed by atoms with van der Waals surface area (Å²) in [6, 6.07) is 10.1. The SMILES string of the molecule is NC(=O)c1ccc(Oc2ccc(CO)cc2[N+](=O)[O-])cc1. The van der Waals surface area contributed by atoms with Crippen molar-refractivity contribution in [3.8, 4) is 11.5 Å². The molecule has 0 aliphatic heterocycles. The fourth-order valence-electron chi connectivity index (χ4n) is 1.70. The first kappa shape index (κ1) is 14.5.